The minimum absolute atomic E-state index is 0.189. The van der Waals surface area contributed by atoms with Crippen LogP contribution >= 0.6 is 12.2 Å². The molecule has 2 aromatic carbocycles. The number of aromatic nitrogens is 2. The molecule has 0 saturated carbocycles. The standard InChI is InChI=1S/C21H22N4O2S/c1-21(2,3)25-20(28)24-19-22-17(26-15-10-6-4-7-11-15)14-18(23-19)27-16-12-8-5-9-13-16/h4-14H,1-3H3,(H2,22,23,24,25,28). The lowest BCUT2D eigenvalue weighted by molar-refractivity contribution is 0.435. The van der Waals surface area contributed by atoms with Crippen molar-refractivity contribution in [2.45, 2.75) is 26.3 Å². The molecular formula is C21H22N4O2S. The number of nitrogens with one attached hydrogen (secondary N) is 2. The topological polar surface area (TPSA) is 68.3 Å². The van der Waals surface area contributed by atoms with E-state index in [4.69, 9.17) is 21.7 Å². The third-order valence-electron chi connectivity index (χ3n) is 3.32. The van der Waals surface area contributed by atoms with Gasteiger partial charge in [0.1, 0.15) is 11.5 Å². The van der Waals surface area contributed by atoms with E-state index >= 15 is 0 Å². The fourth-order valence-corrected chi connectivity index (χ4v) is 2.65. The van der Waals surface area contributed by atoms with Gasteiger partial charge in [0.2, 0.25) is 17.7 Å². The lowest BCUT2D eigenvalue weighted by Gasteiger charge is -2.22. The van der Waals surface area contributed by atoms with Gasteiger partial charge in [0, 0.05) is 5.54 Å². The van der Waals surface area contributed by atoms with E-state index in [0.717, 1.165) is 0 Å². The van der Waals surface area contributed by atoms with E-state index in [-0.39, 0.29) is 11.5 Å². The van der Waals surface area contributed by atoms with Gasteiger partial charge >= 0.3 is 0 Å². The number of benzene rings is 2. The molecule has 2 N–H and O–H groups in total. The van der Waals surface area contributed by atoms with Gasteiger partial charge in [-0.3, -0.25) is 0 Å². The second-order valence-corrected chi connectivity index (χ2v) is 7.44. The van der Waals surface area contributed by atoms with E-state index in [1.165, 1.54) is 0 Å². The molecule has 1 heterocycles. The highest BCUT2D eigenvalue weighted by Gasteiger charge is 2.14. The van der Waals surface area contributed by atoms with Gasteiger partial charge < -0.3 is 20.1 Å². The normalized spacial score (nSPS) is 10.8. The van der Waals surface area contributed by atoms with Gasteiger partial charge in [-0.15, -0.1) is 0 Å². The Balaban J connectivity index is 1.85. The molecule has 1 aromatic heterocycles. The lowest BCUT2D eigenvalue weighted by Crippen LogP contribution is -2.43. The number of anilines is 1. The van der Waals surface area contributed by atoms with Crippen molar-refractivity contribution in [1.29, 1.82) is 0 Å². The van der Waals surface area contributed by atoms with Crippen molar-refractivity contribution in [3.8, 4) is 23.3 Å². The van der Waals surface area contributed by atoms with Crippen LogP contribution in [0.4, 0.5) is 5.95 Å². The first-order chi connectivity index (χ1) is 13.4. The maximum atomic E-state index is 5.85. The van der Waals surface area contributed by atoms with E-state index in [9.17, 15) is 0 Å². The van der Waals surface area contributed by atoms with Crippen molar-refractivity contribution in [3.05, 3.63) is 66.7 Å². The second-order valence-electron chi connectivity index (χ2n) is 7.03. The Morgan fingerprint density at radius 2 is 1.29 bits per heavy atom. The zero-order valence-corrected chi connectivity index (χ0v) is 16.8. The molecule has 144 valence electrons. The summed E-state index contributed by atoms with van der Waals surface area (Å²) in [5.41, 5.74) is -0.189. The molecule has 0 amide bonds. The molecule has 0 aliphatic carbocycles. The number of hydrogen-bond acceptors (Lipinski definition) is 5. The second kappa shape index (κ2) is 8.67. The molecule has 0 unspecified atom stereocenters. The number of ether oxygens (including phenoxy) is 2. The van der Waals surface area contributed by atoms with Gasteiger partial charge in [0.15, 0.2) is 5.11 Å². The Bertz CT molecular complexity index is 868. The van der Waals surface area contributed by atoms with Gasteiger partial charge in [-0.05, 0) is 57.3 Å². The average Bonchev–Trinajstić information content (AvgIpc) is 2.61. The Morgan fingerprint density at radius 3 is 1.71 bits per heavy atom. The summed E-state index contributed by atoms with van der Waals surface area (Å²) in [5.74, 6) is 2.28. The SMILES string of the molecule is CC(C)(C)NC(=S)Nc1nc(Oc2ccccc2)cc(Oc2ccccc2)n1. The fraction of sp³-hybridized carbons (Fsp3) is 0.190. The van der Waals surface area contributed by atoms with Crippen LogP contribution < -0.4 is 20.1 Å². The van der Waals surface area contributed by atoms with Crippen molar-refractivity contribution in [2.24, 2.45) is 0 Å². The van der Waals surface area contributed by atoms with Crippen molar-refractivity contribution >= 4 is 23.3 Å². The van der Waals surface area contributed by atoms with Crippen LogP contribution in [0.25, 0.3) is 0 Å². The van der Waals surface area contributed by atoms with Gasteiger partial charge in [-0.1, -0.05) is 36.4 Å². The summed E-state index contributed by atoms with van der Waals surface area (Å²) in [5, 5.41) is 6.57. The largest absolute Gasteiger partial charge is 0.439 e. The maximum Gasteiger partial charge on any atom is 0.235 e. The zero-order chi connectivity index (χ0) is 20.0. The Morgan fingerprint density at radius 1 is 0.821 bits per heavy atom. The molecule has 0 atom stereocenters. The van der Waals surface area contributed by atoms with Crippen molar-refractivity contribution in [1.82, 2.24) is 15.3 Å². The van der Waals surface area contributed by atoms with Gasteiger partial charge in [0.25, 0.3) is 0 Å². The van der Waals surface area contributed by atoms with Gasteiger partial charge in [0.05, 0.1) is 6.07 Å². The Labute approximate surface area is 169 Å². The third-order valence-corrected chi connectivity index (χ3v) is 3.53. The molecule has 6 nitrogen and oxygen atoms in total. The average molecular weight is 395 g/mol. The smallest absolute Gasteiger partial charge is 0.235 e. The molecule has 7 heteroatoms. The van der Waals surface area contributed by atoms with Crippen LogP contribution in [0.2, 0.25) is 0 Å². The number of para-hydroxylation sites is 2. The van der Waals surface area contributed by atoms with E-state index in [2.05, 4.69) is 20.6 Å². The highest BCUT2D eigenvalue weighted by atomic mass is 32.1. The van der Waals surface area contributed by atoms with Crippen molar-refractivity contribution in [3.63, 3.8) is 0 Å². The van der Waals surface area contributed by atoms with Crippen LogP contribution in [0.1, 0.15) is 20.8 Å². The fourth-order valence-electron chi connectivity index (χ4n) is 2.26. The first-order valence-corrected chi connectivity index (χ1v) is 9.22. The highest BCUT2D eigenvalue weighted by Crippen LogP contribution is 2.27. The molecule has 0 saturated heterocycles. The third kappa shape index (κ3) is 6.21. The lowest BCUT2D eigenvalue weighted by atomic mass is 10.1. The molecule has 28 heavy (non-hydrogen) atoms. The Kier molecular flexibility index (Phi) is 6.06. The van der Waals surface area contributed by atoms with Gasteiger partial charge in [-0.2, -0.15) is 9.97 Å². The molecule has 0 radical (unpaired) electrons. The first-order valence-electron chi connectivity index (χ1n) is 8.81. The van der Waals surface area contributed by atoms with Crippen LogP contribution in [-0.2, 0) is 0 Å². The molecular weight excluding hydrogens is 372 g/mol. The van der Waals surface area contributed by atoms with Crippen LogP contribution in [0, 0.1) is 0 Å². The van der Waals surface area contributed by atoms with Crippen molar-refractivity contribution < 1.29 is 9.47 Å². The molecule has 0 aliphatic rings. The summed E-state index contributed by atoms with van der Waals surface area (Å²) < 4.78 is 11.7. The summed E-state index contributed by atoms with van der Waals surface area (Å²) in [6.07, 6.45) is 0. The number of hydrogen-bond donors (Lipinski definition) is 2. The number of nitrogens with zero attached hydrogens (tertiary/aromatic N) is 2. The first kappa shape index (κ1) is 19.6. The van der Waals surface area contributed by atoms with E-state index in [1.807, 2.05) is 81.4 Å². The summed E-state index contributed by atoms with van der Waals surface area (Å²) in [4.78, 5) is 8.78. The number of thiocarbonyl (C=S) groups is 1. The van der Waals surface area contributed by atoms with Gasteiger partial charge in [-0.25, -0.2) is 0 Å². The summed E-state index contributed by atoms with van der Waals surface area (Å²) in [6.45, 7) is 6.04. The molecule has 0 aliphatic heterocycles. The van der Waals surface area contributed by atoms with Crippen molar-refractivity contribution in [2.75, 3.05) is 5.32 Å². The van der Waals surface area contributed by atoms with E-state index in [0.29, 0.717) is 28.4 Å². The van der Waals surface area contributed by atoms with E-state index in [1.54, 1.807) is 6.07 Å². The minimum atomic E-state index is -0.189. The van der Waals surface area contributed by atoms with Crippen LogP contribution in [0.3, 0.4) is 0 Å². The molecule has 0 bridgehead atoms. The minimum Gasteiger partial charge on any atom is -0.439 e. The summed E-state index contributed by atoms with van der Waals surface area (Å²) >= 11 is 5.35. The summed E-state index contributed by atoms with van der Waals surface area (Å²) in [7, 11) is 0. The zero-order valence-electron chi connectivity index (χ0n) is 16.0. The molecule has 3 rings (SSSR count). The number of rotatable bonds is 5. The Hall–Kier alpha value is -3.19. The van der Waals surface area contributed by atoms with Crippen LogP contribution in [0.5, 0.6) is 23.3 Å². The molecule has 0 spiro atoms. The summed E-state index contributed by atoms with van der Waals surface area (Å²) in [6, 6.07) is 20.4. The predicted molar refractivity (Wildman–Crippen MR) is 114 cm³/mol. The predicted octanol–water partition coefficient (Wildman–Crippen LogP) is 5.15. The quantitative estimate of drug-likeness (QED) is 0.580. The van der Waals surface area contributed by atoms with Crippen LogP contribution in [0.15, 0.2) is 66.7 Å². The van der Waals surface area contributed by atoms with E-state index < -0.39 is 0 Å². The molecule has 3 aromatic rings. The molecule has 0 fully saturated rings. The van der Waals surface area contributed by atoms with Crippen LogP contribution in [-0.4, -0.2) is 20.6 Å². The highest BCUT2D eigenvalue weighted by molar-refractivity contribution is 7.80. The maximum absolute atomic E-state index is 5.85. The monoisotopic (exact) mass is 394 g/mol.